The minimum Gasteiger partial charge on any atom is -0.488 e. The third-order valence-electron chi connectivity index (χ3n) is 5.24. The number of nitrogens with one attached hydrogen (secondary N) is 1. The van der Waals surface area contributed by atoms with Crippen LogP contribution in [0.15, 0.2) is 30.3 Å². The summed E-state index contributed by atoms with van der Waals surface area (Å²) < 4.78 is 5.80. The summed E-state index contributed by atoms with van der Waals surface area (Å²) in [5, 5.41) is 2.97. The first-order valence-corrected chi connectivity index (χ1v) is 10.4. The lowest BCUT2D eigenvalue weighted by Crippen LogP contribution is -2.43. The first-order chi connectivity index (χ1) is 13.2. The normalized spacial score (nSPS) is 16.3. The van der Waals surface area contributed by atoms with Crippen LogP contribution >= 0.6 is 11.3 Å². The van der Waals surface area contributed by atoms with Crippen LogP contribution in [0.25, 0.3) is 10.4 Å². The van der Waals surface area contributed by atoms with E-state index >= 15 is 0 Å². The molecule has 0 atom stereocenters. The number of likely N-dealkylation sites (tertiary alicyclic amines) is 1. The Kier molecular flexibility index (Phi) is 5.16. The third-order valence-corrected chi connectivity index (χ3v) is 6.44. The second kappa shape index (κ2) is 7.72. The molecule has 5 nitrogen and oxygen atoms in total. The van der Waals surface area contributed by atoms with Crippen molar-refractivity contribution in [2.24, 2.45) is 5.92 Å². The number of thiophene rings is 1. The number of hydrogen-bond donors (Lipinski definition) is 1. The van der Waals surface area contributed by atoms with Gasteiger partial charge in [-0.05, 0) is 37.5 Å². The zero-order valence-electron chi connectivity index (χ0n) is 15.5. The van der Waals surface area contributed by atoms with Gasteiger partial charge < -0.3 is 15.0 Å². The molecule has 4 rings (SSSR count). The first kappa shape index (κ1) is 18.0. The van der Waals surface area contributed by atoms with Gasteiger partial charge in [0.15, 0.2) is 0 Å². The fourth-order valence-corrected chi connectivity index (χ4v) is 4.86. The molecule has 142 valence electrons. The van der Waals surface area contributed by atoms with E-state index in [0.29, 0.717) is 19.7 Å². The lowest BCUT2D eigenvalue weighted by molar-refractivity contribution is -0.126. The predicted molar refractivity (Wildman–Crippen MR) is 106 cm³/mol. The number of carbonyl (C=O) groups excluding carboxylic acids is 2. The monoisotopic (exact) mass is 384 g/mol. The average Bonchev–Trinajstić information content (AvgIpc) is 3.16. The second-order valence-electron chi connectivity index (χ2n) is 7.11. The summed E-state index contributed by atoms with van der Waals surface area (Å²) in [4.78, 5) is 28.9. The van der Waals surface area contributed by atoms with Gasteiger partial charge >= 0.3 is 0 Å². The van der Waals surface area contributed by atoms with E-state index in [1.165, 1.54) is 0 Å². The Morgan fingerprint density at radius 2 is 2.04 bits per heavy atom. The quantitative estimate of drug-likeness (QED) is 0.875. The van der Waals surface area contributed by atoms with Crippen LogP contribution in [0, 0.1) is 5.92 Å². The molecule has 1 saturated heterocycles. The van der Waals surface area contributed by atoms with Gasteiger partial charge in [0.25, 0.3) is 5.91 Å². The molecule has 0 aliphatic carbocycles. The molecule has 0 radical (unpaired) electrons. The Labute approximate surface area is 163 Å². The maximum Gasteiger partial charge on any atom is 0.263 e. The van der Waals surface area contributed by atoms with Crippen LogP contribution < -0.4 is 10.1 Å². The smallest absolute Gasteiger partial charge is 0.263 e. The minimum absolute atomic E-state index is 0.0254. The van der Waals surface area contributed by atoms with Crippen LogP contribution in [0.1, 0.15) is 41.4 Å². The van der Waals surface area contributed by atoms with Crippen molar-refractivity contribution in [1.29, 1.82) is 0 Å². The van der Waals surface area contributed by atoms with Crippen molar-refractivity contribution >= 4 is 23.2 Å². The van der Waals surface area contributed by atoms with E-state index in [-0.39, 0.29) is 17.7 Å². The van der Waals surface area contributed by atoms with Crippen molar-refractivity contribution in [3.05, 3.63) is 40.8 Å². The van der Waals surface area contributed by atoms with Crippen LogP contribution in [0.3, 0.4) is 0 Å². The van der Waals surface area contributed by atoms with Gasteiger partial charge in [0.1, 0.15) is 12.4 Å². The molecular formula is C21H24N2O3S. The molecule has 2 aromatic rings. The van der Waals surface area contributed by atoms with E-state index < -0.39 is 0 Å². The van der Waals surface area contributed by atoms with Crippen molar-refractivity contribution in [2.45, 2.75) is 32.8 Å². The SMILES string of the molecule is CCCNC(=O)C1CCN(C(=O)c2cc3c(s2)-c2ccccc2OC3)CC1. The maximum atomic E-state index is 13.0. The van der Waals surface area contributed by atoms with Crippen LogP contribution in [-0.4, -0.2) is 36.3 Å². The van der Waals surface area contributed by atoms with Crippen LogP contribution in [0.4, 0.5) is 0 Å². The number of amides is 2. The lowest BCUT2D eigenvalue weighted by Gasteiger charge is -2.31. The number of ether oxygens (including phenoxy) is 1. The summed E-state index contributed by atoms with van der Waals surface area (Å²) >= 11 is 1.55. The van der Waals surface area contributed by atoms with Crippen molar-refractivity contribution < 1.29 is 14.3 Å². The minimum atomic E-state index is 0.0254. The number of rotatable bonds is 4. The average molecular weight is 385 g/mol. The molecular weight excluding hydrogens is 360 g/mol. The van der Waals surface area contributed by atoms with E-state index in [9.17, 15) is 9.59 Å². The molecule has 3 heterocycles. The topological polar surface area (TPSA) is 58.6 Å². The fraction of sp³-hybridized carbons (Fsp3) is 0.429. The van der Waals surface area contributed by atoms with Gasteiger partial charge in [-0.25, -0.2) is 0 Å². The highest BCUT2D eigenvalue weighted by Crippen LogP contribution is 2.42. The molecule has 0 spiro atoms. The highest BCUT2D eigenvalue weighted by molar-refractivity contribution is 7.17. The number of hydrogen-bond acceptors (Lipinski definition) is 4. The highest BCUT2D eigenvalue weighted by atomic mass is 32.1. The van der Waals surface area contributed by atoms with Gasteiger partial charge in [-0.3, -0.25) is 9.59 Å². The summed E-state index contributed by atoms with van der Waals surface area (Å²) in [6.45, 7) is 4.56. The standard InChI is InChI=1S/C21H24N2O3S/c1-2-9-22-20(24)14-7-10-23(11-8-14)21(25)18-12-15-13-26-17-6-4-3-5-16(17)19(15)27-18/h3-6,12,14H,2,7-11,13H2,1H3,(H,22,24). The molecule has 1 fully saturated rings. The summed E-state index contributed by atoms with van der Waals surface area (Å²) in [6.07, 6.45) is 2.41. The van der Waals surface area contributed by atoms with Crippen molar-refractivity contribution in [2.75, 3.05) is 19.6 Å². The van der Waals surface area contributed by atoms with E-state index in [0.717, 1.165) is 52.4 Å². The van der Waals surface area contributed by atoms with E-state index in [2.05, 4.69) is 5.32 Å². The fourth-order valence-electron chi connectivity index (χ4n) is 3.70. The van der Waals surface area contributed by atoms with Gasteiger partial charge in [0, 0.05) is 41.6 Å². The number of piperidine rings is 1. The molecule has 6 heteroatoms. The highest BCUT2D eigenvalue weighted by Gasteiger charge is 2.29. The van der Waals surface area contributed by atoms with E-state index in [4.69, 9.17) is 4.74 Å². The molecule has 1 aromatic carbocycles. The Morgan fingerprint density at radius 1 is 1.26 bits per heavy atom. The molecule has 1 N–H and O–H groups in total. The lowest BCUT2D eigenvalue weighted by atomic mass is 9.95. The molecule has 0 unspecified atom stereocenters. The van der Waals surface area contributed by atoms with Crippen molar-refractivity contribution in [3.63, 3.8) is 0 Å². The Hall–Kier alpha value is -2.34. The van der Waals surface area contributed by atoms with Crippen LogP contribution in [0.5, 0.6) is 5.75 Å². The molecule has 2 amide bonds. The van der Waals surface area contributed by atoms with E-state index in [1.54, 1.807) is 11.3 Å². The molecule has 1 aromatic heterocycles. The predicted octanol–water partition coefficient (Wildman–Crippen LogP) is 3.69. The number of para-hydroxylation sites is 1. The number of carbonyl (C=O) groups is 2. The van der Waals surface area contributed by atoms with Crippen molar-refractivity contribution in [3.8, 4) is 16.2 Å². The largest absolute Gasteiger partial charge is 0.488 e. The second-order valence-corrected chi connectivity index (χ2v) is 8.16. The van der Waals surface area contributed by atoms with Gasteiger partial charge in [-0.1, -0.05) is 19.1 Å². The zero-order chi connectivity index (χ0) is 18.8. The Balaban J connectivity index is 1.43. The number of nitrogens with zero attached hydrogens (tertiary/aromatic N) is 1. The van der Waals surface area contributed by atoms with Crippen LogP contribution in [0.2, 0.25) is 0 Å². The van der Waals surface area contributed by atoms with Gasteiger partial charge in [0.2, 0.25) is 5.91 Å². The maximum absolute atomic E-state index is 13.0. The number of benzene rings is 1. The zero-order valence-corrected chi connectivity index (χ0v) is 16.3. The summed E-state index contributed by atoms with van der Waals surface area (Å²) in [5.41, 5.74) is 2.14. The van der Waals surface area contributed by atoms with E-state index in [1.807, 2.05) is 42.2 Å². The molecule has 0 bridgehead atoms. The molecule has 27 heavy (non-hydrogen) atoms. The summed E-state index contributed by atoms with van der Waals surface area (Å²) in [6, 6.07) is 9.93. The Morgan fingerprint density at radius 3 is 2.81 bits per heavy atom. The summed E-state index contributed by atoms with van der Waals surface area (Å²) in [5.74, 6) is 1.10. The van der Waals surface area contributed by atoms with Gasteiger partial charge in [-0.2, -0.15) is 0 Å². The Bertz CT molecular complexity index is 853. The molecule has 2 aliphatic rings. The van der Waals surface area contributed by atoms with Crippen LogP contribution in [-0.2, 0) is 11.4 Å². The van der Waals surface area contributed by atoms with Gasteiger partial charge in [0.05, 0.1) is 4.88 Å². The first-order valence-electron chi connectivity index (χ1n) is 9.59. The van der Waals surface area contributed by atoms with Crippen molar-refractivity contribution in [1.82, 2.24) is 10.2 Å². The molecule has 0 saturated carbocycles. The van der Waals surface area contributed by atoms with Gasteiger partial charge in [-0.15, -0.1) is 11.3 Å². The molecule has 2 aliphatic heterocycles. The summed E-state index contributed by atoms with van der Waals surface area (Å²) in [7, 11) is 0. The number of fused-ring (bicyclic) bond motifs is 3. The third kappa shape index (κ3) is 3.58.